The predicted octanol–water partition coefficient (Wildman–Crippen LogP) is 5.05. The molecule has 0 saturated heterocycles. The average Bonchev–Trinajstić information content (AvgIpc) is 2.42. The van der Waals surface area contributed by atoms with E-state index in [9.17, 15) is 4.39 Å². The number of benzene rings is 2. The van der Waals surface area contributed by atoms with Gasteiger partial charge in [-0.05, 0) is 49.7 Å². The molecule has 0 bridgehead atoms. The van der Waals surface area contributed by atoms with Crippen molar-refractivity contribution in [2.45, 2.75) is 19.4 Å². The van der Waals surface area contributed by atoms with Gasteiger partial charge < -0.3 is 5.32 Å². The van der Waals surface area contributed by atoms with E-state index in [4.69, 9.17) is 11.6 Å². The van der Waals surface area contributed by atoms with E-state index in [2.05, 4.69) is 27.3 Å². The molecule has 20 heavy (non-hydrogen) atoms. The molecule has 2 aromatic carbocycles. The standard InChI is InChI=1S/C16H16BrClFN/c1-10-11(5-3-6-13(10)17)16(20-2)9-12-14(18)7-4-8-15(12)19/h3-8,16,20H,9H2,1-2H3. The Kier molecular flexibility index (Phi) is 5.19. The van der Waals surface area contributed by atoms with E-state index >= 15 is 0 Å². The van der Waals surface area contributed by atoms with E-state index in [1.165, 1.54) is 6.07 Å². The lowest BCUT2D eigenvalue weighted by molar-refractivity contribution is 0.552. The van der Waals surface area contributed by atoms with Crippen molar-refractivity contribution in [2.24, 2.45) is 0 Å². The van der Waals surface area contributed by atoms with E-state index in [-0.39, 0.29) is 11.9 Å². The molecule has 2 aromatic rings. The van der Waals surface area contributed by atoms with Crippen LogP contribution in [0.4, 0.5) is 4.39 Å². The van der Waals surface area contributed by atoms with Crippen LogP contribution in [-0.2, 0) is 6.42 Å². The first-order valence-electron chi connectivity index (χ1n) is 6.39. The first-order valence-corrected chi connectivity index (χ1v) is 7.57. The first kappa shape index (κ1) is 15.5. The summed E-state index contributed by atoms with van der Waals surface area (Å²) in [7, 11) is 1.87. The highest BCUT2D eigenvalue weighted by Gasteiger charge is 2.17. The highest BCUT2D eigenvalue weighted by atomic mass is 79.9. The van der Waals surface area contributed by atoms with Gasteiger partial charge in [0.15, 0.2) is 0 Å². The fourth-order valence-electron chi connectivity index (χ4n) is 2.30. The summed E-state index contributed by atoms with van der Waals surface area (Å²) in [5.41, 5.74) is 2.84. The SMILES string of the molecule is CNC(Cc1c(F)cccc1Cl)c1cccc(Br)c1C. The molecule has 0 aliphatic carbocycles. The highest BCUT2D eigenvalue weighted by Crippen LogP contribution is 2.29. The Labute approximate surface area is 132 Å². The van der Waals surface area contributed by atoms with Crippen molar-refractivity contribution in [3.63, 3.8) is 0 Å². The number of rotatable bonds is 4. The molecule has 0 aliphatic heterocycles. The molecule has 0 saturated carbocycles. The van der Waals surface area contributed by atoms with Crippen LogP contribution in [0.1, 0.15) is 22.7 Å². The molecule has 0 heterocycles. The summed E-state index contributed by atoms with van der Waals surface area (Å²) >= 11 is 9.64. The van der Waals surface area contributed by atoms with E-state index in [1.54, 1.807) is 12.1 Å². The maximum absolute atomic E-state index is 13.9. The molecule has 0 amide bonds. The number of halogens is 3. The Morgan fingerprint density at radius 1 is 1.25 bits per heavy atom. The molecule has 1 nitrogen and oxygen atoms in total. The van der Waals surface area contributed by atoms with Gasteiger partial charge in [-0.2, -0.15) is 0 Å². The van der Waals surface area contributed by atoms with Crippen molar-refractivity contribution >= 4 is 27.5 Å². The Bertz CT molecular complexity index is 595. The van der Waals surface area contributed by atoms with Crippen LogP contribution in [0.15, 0.2) is 40.9 Å². The summed E-state index contributed by atoms with van der Waals surface area (Å²) in [6.07, 6.45) is 0.513. The minimum Gasteiger partial charge on any atom is -0.313 e. The fraction of sp³-hybridized carbons (Fsp3) is 0.250. The molecule has 0 fully saturated rings. The van der Waals surface area contributed by atoms with Crippen LogP contribution in [0.2, 0.25) is 5.02 Å². The predicted molar refractivity (Wildman–Crippen MR) is 85.8 cm³/mol. The van der Waals surface area contributed by atoms with Gasteiger partial charge in [0.25, 0.3) is 0 Å². The van der Waals surface area contributed by atoms with Gasteiger partial charge in [0.1, 0.15) is 5.82 Å². The van der Waals surface area contributed by atoms with Gasteiger partial charge in [-0.25, -0.2) is 4.39 Å². The lowest BCUT2D eigenvalue weighted by Crippen LogP contribution is -2.20. The van der Waals surface area contributed by atoms with Crippen molar-refractivity contribution in [2.75, 3.05) is 7.05 Å². The van der Waals surface area contributed by atoms with Crippen LogP contribution >= 0.6 is 27.5 Å². The number of hydrogen-bond acceptors (Lipinski definition) is 1. The minimum atomic E-state index is -0.259. The van der Waals surface area contributed by atoms with Crippen LogP contribution < -0.4 is 5.32 Å². The normalized spacial score (nSPS) is 12.4. The lowest BCUT2D eigenvalue weighted by Gasteiger charge is -2.20. The third kappa shape index (κ3) is 3.22. The van der Waals surface area contributed by atoms with Crippen molar-refractivity contribution in [3.05, 3.63) is 68.4 Å². The van der Waals surface area contributed by atoms with Gasteiger partial charge in [0, 0.05) is 21.1 Å². The van der Waals surface area contributed by atoms with Crippen LogP contribution in [-0.4, -0.2) is 7.05 Å². The zero-order chi connectivity index (χ0) is 14.7. The molecule has 4 heteroatoms. The van der Waals surface area contributed by atoms with Gasteiger partial charge in [-0.3, -0.25) is 0 Å². The number of nitrogens with one attached hydrogen (secondary N) is 1. The van der Waals surface area contributed by atoms with Gasteiger partial charge in [0.2, 0.25) is 0 Å². The topological polar surface area (TPSA) is 12.0 Å². The van der Waals surface area contributed by atoms with Gasteiger partial charge in [-0.15, -0.1) is 0 Å². The molecule has 0 spiro atoms. The molecule has 0 aromatic heterocycles. The summed E-state index contributed by atoms with van der Waals surface area (Å²) in [4.78, 5) is 0. The van der Waals surface area contributed by atoms with Crippen LogP contribution in [0.3, 0.4) is 0 Å². The van der Waals surface area contributed by atoms with Crippen molar-refractivity contribution in [1.82, 2.24) is 5.32 Å². The number of likely N-dealkylation sites (N-methyl/N-ethyl adjacent to an activating group) is 1. The molecule has 2 rings (SSSR count). The van der Waals surface area contributed by atoms with Crippen LogP contribution in [0, 0.1) is 12.7 Å². The Balaban J connectivity index is 2.37. The van der Waals surface area contributed by atoms with Crippen molar-refractivity contribution in [1.29, 1.82) is 0 Å². The van der Waals surface area contributed by atoms with E-state index in [0.717, 1.165) is 15.6 Å². The number of hydrogen-bond donors (Lipinski definition) is 1. The Morgan fingerprint density at radius 2 is 1.95 bits per heavy atom. The summed E-state index contributed by atoms with van der Waals surface area (Å²) in [5.74, 6) is -0.259. The van der Waals surface area contributed by atoms with E-state index in [0.29, 0.717) is 17.0 Å². The molecule has 0 aliphatic rings. The summed E-state index contributed by atoms with van der Waals surface area (Å²) in [6, 6.07) is 10.8. The second-order valence-corrected chi connectivity index (χ2v) is 5.96. The monoisotopic (exact) mass is 355 g/mol. The third-order valence-electron chi connectivity index (χ3n) is 3.50. The Hall–Kier alpha value is -0.900. The largest absolute Gasteiger partial charge is 0.313 e. The molecule has 106 valence electrons. The fourth-order valence-corrected chi connectivity index (χ4v) is 2.92. The smallest absolute Gasteiger partial charge is 0.127 e. The maximum atomic E-state index is 13.9. The molecule has 1 unspecified atom stereocenters. The maximum Gasteiger partial charge on any atom is 0.127 e. The zero-order valence-corrected chi connectivity index (χ0v) is 13.7. The van der Waals surface area contributed by atoms with E-state index < -0.39 is 0 Å². The van der Waals surface area contributed by atoms with Crippen molar-refractivity contribution < 1.29 is 4.39 Å². The second kappa shape index (κ2) is 6.70. The zero-order valence-electron chi connectivity index (χ0n) is 11.4. The van der Waals surface area contributed by atoms with Gasteiger partial charge in [-0.1, -0.05) is 45.7 Å². The summed E-state index contributed by atoms with van der Waals surface area (Å²) < 4.78 is 15.0. The molecule has 0 radical (unpaired) electrons. The van der Waals surface area contributed by atoms with Crippen molar-refractivity contribution in [3.8, 4) is 0 Å². The molecule has 1 atom stereocenters. The van der Waals surface area contributed by atoms with Crippen LogP contribution in [0.25, 0.3) is 0 Å². The average molecular weight is 357 g/mol. The Morgan fingerprint density at radius 3 is 2.60 bits per heavy atom. The molecular weight excluding hydrogens is 341 g/mol. The van der Waals surface area contributed by atoms with Crippen LogP contribution in [0.5, 0.6) is 0 Å². The van der Waals surface area contributed by atoms with Gasteiger partial charge >= 0.3 is 0 Å². The molecular formula is C16H16BrClFN. The summed E-state index contributed by atoms with van der Waals surface area (Å²) in [6.45, 7) is 2.05. The van der Waals surface area contributed by atoms with Gasteiger partial charge in [0.05, 0.1) is 0 Å². The quantitative estimate of drug-likeness (QED) is 0.808. The lowest BCUT2D eigenvalue weighted by atomic mass is 9.95. The third-order valence-corrected chi connectivity index (χ3v) is 4.72. The minimum absolute atomic E-state index is 0.0156. The molecule has 1 N–H and O–H groups in total. The highest BCUT2D eigenvalue weighted by molar-refractivity contribution is 9.10. The van der Waals surface area contributed by atoms with E-state index in [1.807, 2.05) is 26.1 Å². The first-order chi connectivity index (χ1) is 9.54. The summed E-state index contributed by atoms with van der Waals surface area (Å²) in [5, 5.41) is 3.71. The second-order valence-electron chi connectivity index (χ2n) is 4.70.